The summed E-state index contributed by atoms with van der Waals surface area (Å²) in [6.07, 6.45) is 3.68. The van der Waals surface area contributed by atoms with Crippen LogP contribution >= 0.6 is 0 Å². The number of hydrogen-bond donors (Lipinski definition) is 0. The van der Waals surface area contributed by atoms with Crippen LogP contribution in [-0.4, -0.2) is 28.5 Å². The molecule has 218 valence electrons. The van der Waals surface area contributed by atoms with Crippen LogP contribution in [0.5, 0.6) is 0 Å². The van der Waals surface area contributed by atoms with Gasteiger partial charge in [0.2, 0.25) is 0 Å². The maximum Gasteiger partial charge on any atom is 0.166 e. The number of aromatic nitrogens is 6. The maximum absolute atomic E-state index is 5.13. The first-order valence-electron chi connectivity index (χ1n) is 15.8. The molecule has 0 spiro atoms. The number of fused-ring (bicyclic) bond motifs is 16. The summed E-state index contributed by atoms with van der Waals surface area (Å²) < 4.78 is 6.99. The highest BCUT2D eigenvalue weighted by Gasteiger charge is 2.24. The molecule has 0 radical (unpaired) electrons. The average molecular weight is 601 g/mol. The van der Waals surface area contributed by atoms with Gasteiger partial charge >= 0.3 is 0 Å². The van der Waals surface area contributed by atoms with Crippen molar-refractivity contribution in [1.29, 1.82) is 0 Å². The predicted octanol–water partition coefficient (Wildman–Crippen LogP) is 9.78. The second-order valence-electron chi connectivity index (χ2n) is 12.1. The molecule has 0 atom stereocenters. The van der Waals surface area contributed by atoms with Crippen LogP contribution < -0.4 is 0 Å². The summed E-state index contributed by atoms with van der Waals surface area (Å²) in [5, 5.41) is 8.12. The molecular formula is C41H24N6. The van der Waals surface area contributed by atoms with Gasteiger partial charge in [-0.1, -0.05) is 66.7 Å². The molecule has 6 heterocycles. The SMILES string of the molecule is c1ccc(-n2c3ccccc3c3ccc4c5c6c7cccnc7n7c8ncccc8nc7c6ccc5n(-c5ccccc5)c4c32)cc1. The van der Waals surface area contributed by atoms with Crippen LogP contribution in [0.2, 0.25) is 0 Å². The van der Waals surface area contributed by atoms with Gasteiger partial charge in [0, 0.05) is 61.5 Å². The maximum atomic E-state index is 5.13. The van der Waals surface area contributed by atoms with Crippen LogP contribution in [0.25, 0.3) is 93.6 Å². The Morgan fingerprint density at radius 2 is 0.979 bits per heavy atom. The summed E-state index contributed by atoms with van der Waals surface area (Å²) in [5.74, 6) is 0. The van der Waals surface area contributed by atoms with E-state index in [-0.39, 0.29) is 0 Å². The molecule has 11 rings (SSSR count). The molecule has 0 saturated carbocycles. The van der Waals surface area contributed by atoms with E-state index in [4.69, 9.17) is 15.0 Å². The molecular weight excluding hydrogens is 576 g/mol. The first kappa shape index (κ1) is 24.8. The van der Waals surface area contributed by atoms with Gasteiger partial charge < -0.3 is 9.13 Å². The largest absolute Gasteiger partial charge is 0.307 e. The summed E-state index contributed by atoms with van der Waals surface area (Å²) >= 11 is 0. The minimum atomic E-state index is 0.814. The molecule has 0 bridgehead atoms. The molecule has 0 aliphatic carbocycles. The van der Waals surface area contributed by atoms with Crippen molar-refractivity contribution < 1.29 is 0 Å². The number of benzene rings is 5. The highest BCUT2D eigenvalue weighted by Crippen LogP contribution is 2.45. The third kappa shape index (κ3) is 3.16. The molecule has 6 aromatic heterocycles. The zero-order chi connectivity index (χ0) is 30.6. The van der Waals surface area contributed by atoms with Crippen molar-refractivity contribution in [3.05, 3.63) is 146 Å². The van der Waals surface area contributed by atoms with Crippen LogP contribution in [0.1, 0.15) is 0 Å². The molecule has 0 aliphatic heterocycles. The summed E-state index contributed by atoms with van der Waals surface area (Å²) in [5.41, 5.74) is 10.3. The average Bonchev–Trinajstić information content (AvgIpc) is 3.80. The first-order valence-corrected chi connectivity index (χ1v) is 15.8. The van der Waals surface area contributed by atoms with Gasteiger partial charge in [0.15, 0.2) is 5.65 Å². The van der Waals surface area contributed by atoms with E-state index >= 15 is 0 Å². The Hall–Kier alpha value is -6.53. The van der Waals surface area contributed by atoms with E-state index in [2.05, 4.69) is 129 Å². The first-order chi connectivity index (χ1) is 23.4. The van der Waals surface area contributed by atoms with E-state index in [0.717, 1.165) is 55.5 Å². The van der Waals surface area contributed by atoms with Gasteiger partial charge in [-0.15, -0.1) is 0 Å². The van der Waals surface area contributed by atoms with Crippen LogP contribution in [0.4, 0.5) is 0 Å². The number of hydrogen-bond acceptors (Lipinski definition) is 3. The standard InChI is InChI=1S/C41H24N6/c1-3-11-25(12-4-1)45-33-18-8-7-15-27(33)28-19-20-29-36-34(46(38(29)37(28)45)26-13-5-2-6-14-26)22-21-31-35(36)30-16-9-23-42-39(30)47-40(31)44-32-17-10-24-43-41(32)47/h1-24H. The lowest BCUT2D eigenvalue weighted by atomic mass is 10.0. The van der Waals surface area contributed by atoms with Crippen molar-refractivity contribution in [2.24, 2.45) is 0 Å². The molecule has 47 heavy (non-hydrogen) atoms. The van der Waals surface area contributed by atoms with Gasteiger partial charge in [0.1, 0.15) is 16.8 Å². The van der Waals surface area contributed by atoms with E-state index in [0.29, 0.717) is 0 Å². The summed E-state index contributed by atoms with van der Waals surface area (Å²) in [6.45, 7) is 0. The van der Waals surface area contributed by atoms with E-state index in [1.54, 1.807) is 0 Å². The van der Waals surface area contributed by atoms with Gasteiger partial charge in [0.25, 0.3) is 0 Å². The summed E-state index contributed by atoms with van der Waals surface area (Å²) in [4.78, 5) is 14.8. The molecule has 11 aromatic rings. The molecule has 0 amide bonds. The van der Waals surface area contributed by atoms with E-state index in [1.807, 2.05) is 30.6 Å². The highest BCUT2D eigenvalue weighted by molar-refractivity contribution is 6.33. The van der Waals surface area contributed by atoms with Gasteiger partial charge in [-0.05, 0) is 66.7 Å². The smallest absolute Gasteiger partial charge is 0.166 e. The third-order valence-electron chi connectivity index (χ3n) is 9.68. The van der Waals surface area contributed by atoms with Gasteiger partial charge in [-0.3, -0.25) is 4.40 Å². The Kier molecular flexibility index (Phi) is 4.75. The van der Waals surface area contributed by atoms with Crippen LogP contribution in [0.15, 0.2) is 146 Å². The molecule has 0 unspecified atom stereocenters. The van der Waals surface area contributed by atoms with Crippen molar-refractivity contribution in [2.45, 2.75) is 0 Å². The molecule has 6 heteroatoms. The number of nitrogens with zero attached hydrogens (tertiary/aromatic N) is 6. The van der Waals surface area contributed by atoms with E-state index in [1.165, 1.54) is 38.1 Å². The van der Waals surface area contributed by atoms with Crippen molar-refractivity contribution in [2.75, 3.05) is 0 Å². The predicted molar refractivity (Wildman–Crippen MR) is 192 cm³/mol. The van der Waals surface area contributed by atoms with Crippen LogP contribution in [0, 0.1) is 0 Å². The monoisotopic (exact) mass is 600 g/mol. The summed E-state index contributed by atoms with van der Waals surface area (Å²) in [6, 6.07) is 47.4. The topological polar surface area (TPSA) is 52.9 Å². The van der Waals surface area contributed by atoms with Crippen molar-refractivity contribution >= 4 is 82.2 Å². The number of pyridine rings is 3. The Labute approximate surface area is 267 Å². The second-order valence-corrected chi connectivity index (χ2v) is 12.1. The molecule has 5 aromatic carbocycles. The molecule has 0 saturated heterocycles. The fourth-order valence-corrected chi connectivity index (χ4v) is 7.86. The fraction of sp³-hybridized carbons (Fsp3) is 0. The van der Waals surface area contributed by atoms with Crippen molar-refractivity contribution in [1.82, 2.24) is 28.5 Å². The van der Waals surface area contributed by atoms with Crippen molar-refractivity contribution in [3.63, 3.8) is 0 Å². The van der Waals surface area contributed by atoms with Gasteiger partial charge in [0.05, 0.1) is 22.1 Å². The van der Waals surface area contributed by atoms with Gasteiger partial charge in [-0.2, -0.15) is 0 Å². The number of rotatable bonds is 2. The number of para-hydroxylation sites is 3. The van der Waals surface area contributed by atoms with Crippen molar-refractivity contribution in [3.8, 4) is 11.4 Å². The summed E-state index contributed by atoms with van der Waals surface area (Å²) in [7, 11) is 0. The minimum Gasteiger partial charge on any atom is -0.307 e. The van der Waals surface area contributed by atoms with Gasteiger partial charge in [-0.25, -0.2) is 15.0 Å². The molecule has 6 nitrogen and oxygen atoms in total. The lowest BCUT2D eigenvalue weighted by Crippen LogP contribution is -1.98. The second kappa shape index (κ2) is 9.02. The zero-order valence-electron chi connectivity index (χ0n) is 25.0. The Balaban J connectivity index is 1.45. The van der Waals surface area contributed by atoms with E-state index in [9.17, 15) is 0 Å². The lowest BCUT2D eigenvalue weighted by molar-refractivity contribution is 1.15. The molecule has 0 fully saturated rings. The lowest BCUT2D eigenvalue weighted by Gasteiger charge is -2.12. The minimum absolute atomic E-state index is 0.814. The van der Waals surface area contributed by atoms with Crippen LogP contribution in [-0.2, 0) is 0 Å². The quantitative estimate of drug-likeness (QED) is 0.186. The van der Waals surface area contributed by atoms with Crippen LogP contribution in [0.3, 0.4) is 0 Å². The normalized spacial score (nSPS) is 12.3. The molecule has 0 N–H and O–H groups in total. The Morgan fingerprint density at radius 3 is 1.79 bits per heavy atom. The third-order valence-corrected chi connectivity index (χ3v) is 9.68. The zero-order valence-corrected chi connectivity index (χ0v) is 25.0. The highest BCUT2D eigenvalue weighted by atomic mass is 15.1. The fourth-order valence-electron chi connectivity index (χ4n) is 7.86. The molecule has 0 aliphatic rings. The Morgan fingerprint density at radius 1 is 0.383 bits per heavy atom. The van der Waals surface area contributed by atoms with E-state index < -0.39 is 0 Å². The number of imidazole rings is 1. The Bertz CT molecular complexity index is 3060.